The normalized spacial score (nSPS) is 20.0. The summed E-state index contributed by atoms with van der Waals surface area (Å²) in [7, 11) is 0. The van der Waals surface area contributed by atoms with E-state index in [1.165, 1.54) is 0 Å². The van der Waals surface area contributed by atoms with E-state index >= 15 is 0 Å². The second-order valence-electron chi connectivity index (χ2n) is 10.6. The molecule has 1 saturated heterocycles. The highest BCUT2D eigenvalue weighted by molar-refractivity contribution is 5.79. The summed E-state index contributed by atoms with van der Waals surface area (Å²) in [5.74, 6) is 0.560. The van der Waals surface area contributed by atoms with Crippen molar-refractivity contribution in [2.45, 2.75) is 65.0 Å². The average Bonchev–Trinajstić information content (AvgIpc) is 3.58. The molecule has 2 heterocycles. The number of esters is 1. The molecule has 2 aliphatic rings. The van der Waals surface area contributed by atoms with Crippen molar-refractivity contribution in [1.29, 1.82) is 0 Å². The van der Waals surface area contributed by atoms with Gasteiger partial charge in [-0.1, -0.05) is 63.1 Å². The van der Waals surface area contributed by atoms with E-state index < -0.39 is 5.92 Å². The van der Waals surface area contributed by atoms with Crippen LogP contribution in [0.5, 0.6) is 11.5 Å². The highest BCUT2D eigenvalue weighted by atomic mass is 16.7. The molecule has 3 atom stereocenters. The Morgan fingerprint density at radius 2 is 1.70 bits per heavy atom. The van der Waals surface area contributed by atoms with Crippen LogP contribution in [0.4, 0.5) is 0 Å². The molecule has 0 aliphatic carbocycles. The monoisotopic (exact) mass is 552 g/mol. The van der Waals surface area contributed by atoms with E-state index in [-0.39, 0.29) is 37.2 Å². The Morgan fingerprint density at radius 1 is 0.975 bits per heavy atom. The molecular weight excluding hydrogens is 508 g/mol. The van der Waals surface area contributed by atoms with Gasteiger partial charge in [0.05, 0.1) is 32.3 Å². The minimum Gasteiger partial charge on any atom is -0.466 e. The van der Waals surface area contributed by atoms with Crippen LogP contribution < -0.4 is 9.47 Å². The number of unbranched alkanes of at least 4 members (excludes halogenated alkanes) is 2. The van der Waals surface area contributed by atoms with E-state index in [1.807, 2.05) is 60.4 Å². The predicted molar refractivity (Wildman–Crippen MR) is 153 cm³/mol. The van der Waals surface area contributed by atoms with Crippen LogP contribution in [0.25, 0.3) is 0 Å². The molecular formula is C32H44N2O6. The lowest BCUT2D eigenvalue weighted by atomic mass is 9.85. The molecule has 4 rings (SSSR count). The summed E-state index contributed by atoms with van der Waals surface area (Å²) < 4.78 is 23.0. The quantitative estimate of drug-likeness (QED) is 0.288. The third-order valence-corrected chi connectivity index (χ3v) is 7.79. The van der Waals surface area contributed by atoms with Gasteiger partial charge in [-0.2, -0.15) is 0 Å². The van der Waals surface area contributed by atoms with Crippen molar-refractivity contribution in [2.75, 3.05) is 46.2 Å². The molecule has 0 aromatic heterocycles. The van der Waals surface area contributed by atoms with E-state index in [0.717, 1.165) is 49.9 Å². The van der Waals surface area contributed by atoms with E-state index in [4.69, 9.17) is 18.9 Å². The maximum absolute atomic E-state index is 13.6. The smallest absolute Gasteiger partial charge is 0.311 e. The Bertz CT molecular complexity index is 1090. The number of carbonyl (C=O) groups excluding carboxylic acids is 2. The van der Waals surface area contributed by atoms with Gasteiger partial charge in [-0.15, -0.1) is 0 Å². The van der Waals surface area contributed by atoms with Crippen molar-refractivity contribution in [3.8, 4) is 11.5 Å². The number of likely N-dealkylation sites (tertiary alicyclic amines) is 1. The third kappa shape index (κ3) is 7.55. The van der Waals surface area contributed by atoms with Crippen LogP contribution in [-0.4, -0.2) is 73.9 Å². The van der Waals surface area contributed by atoms with Gasteiger partial charge < -0.3 is 23.8 Å². The lowest BCUT2D eigenvalue weighted by molar-refractivity contribution is -0.150. The molecule has 218 valence electrons. The van der Waals surface area contributed by atoms with Gasteiger partial charge in [0.25, 0.3) is 0 Å². The molecule has 0 N–H and O–H groups in total. The molecule has 8 nitrogen and oxygen atoms in total. The fourth-order valence-electron chi connectivity index (χ4n) is 5.61. The molecule has 0 unspecified atom stereocenters. The van der Waals surface area contributed by atoms with Gasteiger partial charge in [0.2, 0.25) is 12.7 Å². The van der Waals surface area contributed by atoms with E-state index in [9.17, 15) is 9.59 Å². The van der Waals surface area contributed by atoms with Crippen LogP contribution in [0.15, 0.2) is 48.5 Å². The molecule has 2 aromatic carbocycles. The zero-order valence-electron chi connectivity index (χ0n) is 24.2. The van der Waals surface area contributed by atoms with Crippen molar-refractivity contribution in [3.63, 3.8) is 0 Å². The third-order valence-electron chi connectivity index (χ3n) is 7.79. The number of carbonyl (C=O) groups is 2. The number of benzene rings is 2. The Kier molecular flexibility index (Phi) is 11.2. The first-order chi connectivity index (χ1) is 19.5. The summed E-state index contributed by atoms with van der Waals surface area (Å²) in [5.41, 5.74) is 2.03. The number of amides is 1. The second kappa shape index (κ2) is 15.1. The molecule has 8 heteroatoms. The number of ether oxygens (including phenoxy) is 4. The minimum absolute atomic E-state index is 0.101. The zero-order valence-corrected chi connectivity index (χ0v) is 24.2. The highest BCUT2D eigenvalue weighted by Gasteiger charge is 2.48. The van der Waals surface area contributed by atoms with Crippen LogP contribution in [0.2, 0.25) is 0 Å². The van der Waals surface area contributed by atoms with Crippen molar-refractivity contribution >= 4 is 11.9 Å². The first-order valence-corrected chi connectivity index (χ1v) is 14.7. The first-order valence-electron chi connectivity index (χ1n) is 14.7. The first kappa shape index (κ1) is 29.9. The molecule has 2 aromatic rings. The predicted octanol–water partition coefficient (Wildman–Crippen LogP) is 5.01. The molecule has 40 heavy (non-hydrogen) atoms. The van der Waals surface area contributed by atoms with Crippen LogP contribution in [0, 0.1) is 5.92 Å². The molecule has 0 saturated carbocycles. The molecule has 2 aliphatic heterocycles. The fraction of sp³-hybridized carbons (Fsp3) is 0.562. The van der Waals surface area contributed by atoms with Crippen LogP contribution in [0.3, 0.4) is 0 Å². The lowest BCUT2D eigenvalue weighted by Crippen LogP contribution is -2.46. The van der Waals surface area contributed by atoms with Gasteiger partial charge in [-0.25, -0.2) is 0 Å². The largest absolute Gasteiger partial charge is 0.466 e. The molecule has 0 bridgehead atoms. The Hall–Kier alpha value is -3.10. The maximum atomic E-state index is 13.6. The Balaban J connectivity index is 1.60. The van der Waals surface area contributed by atoms with Crippen LogP contribution in [0.1, 0.15) is 63.5 Å². The van der Waals surface area contributed by atoms with Gasteiger partial charge in [0, 0.05) is 31.6 Å². The fourth-order valence-corrected chi connectivity index (χ4v) is 5.61. The Labute approximate surface area is 238 Å². The van der Waals surface area contributed by atoms with Gasteiger partial charge in [0.15, 0.2) is 11.5 Å². The molecule has 0 radical (unpaired) electrons. The summed E-state index contributed by atoms with van der Waals surface area (Å²) in [6, 6.07) is 15.5. The summed E-state index contributed by atoms with van der Waals surface area (Å²) in [6.45, 7) is 9.63. The SMILES string of the molecule is CCCCN(CCCC)C(=O)CN1C[C@H](c2ccc3c(c2)OCO3)[C@H](C(=O)OCC)[C@H]1COCc1ccccc1. The number of hydrogen-bond acceptors (Lipinski definition) is 7. The van der Waals surface area contributed by atoms with E-state index in [1.54, 1.807) is 0 Å². The van der Waals surface area contributed by atoms with Crippen molar-refractivity contribution in [1.82, 2.24) is 9.80 Å². The maximum Gasteiger partial charge on any atom is 0.311 e. The molecule has 1 amide bonds. The van der Waals surface area contributed by atoms with Crippen molar-refractivity contribution in [2.24, 2.45) is 5.92 Å². The average molecular weight is 553 g/mol. The van der Waals surface area contributed by atoms with Crippen molar-refractivity contribution in [3.05, 3.63) is 59.7 Å². The van der Waals surface area contributed by atoms with Crippen LogP contribution in [-0.2, 0) is 25.7 Å². The minimum atomic E-state index is -0.483. The number of fused-ring (bicyclic) bond motifs is 1. The zero-order chi connectivity index (χ0) is 28.3. The van der Waals surface area contributed by atoms with Gasteiger partial charge in [0.1, 0.15) is 0 Å². The van der Waals surface area contributed by atoms with Crippen LogP contribution >= 0.6 is 0 Å². The van der Waals surface area contributed by atoms with Gasteiger partial charge >= 0.3 is 5.97 Å². The van der Waals surface area contributed by atoms with Gasteiger partial charge in [-0.05, 0) is 43.0 Å². The Morgan fingerprint density at radius 3 is 2.40 bits per heavy atom. The molecule has 0 spiro atoms. The highest BCUT2D eigenvalue weighted by Crippen LogP contribution is 2.42. The summed E-state index contributed by atoms with van der Waals surface area (Å²) in [5, 5.41) is 0. The van der Waals surface area contributed by atoms with E-state index in [0.29, 0.717) is 37.9 Å². The summed E-state index contributed by atoms with van der Waals surface area (Å²) >= 11 is 0. The number of hydrogen-bond donors (Lipinski definition) is 0. The summed E-state index contributed by atoms with van der Waals surface area (Å²) in [6.07, 6.45) is 4.02. The molecule has 1 fully saturated rings. The second-order valence-corrected chi connectivity index (χ2v) is 10.6. The summed E-state index contributed by atoms with van der Waals surface area (Å²) in [4.78, 5) is 31.3. The van der Waals surface area contributed by atoms with E-state index in [2.05, 4.69) is 18.7 Å². The topological polar surface area (TPSA) is 77.5 Å². The number of rotatable bonds is 15. The van der Waals surface area contributed by atoms with Gasteiger partial charge in [-0.3, -0.25) is 14.5 Å². The number of nitrogens with zero attached hydrogens (tertiary/aromatic N) is 2. The standard InChI is InChI=1S/C32H44N2O6/c1-4-7-16-33(17-8-5-2)30(35)20-34-19-26(25-14-15-28-29(18-25)40-23-39-28)31(32(36)38-6-3)27(34)22-37-21-24-12-10-9-11-13-24/h9-15,18,26-27,31H,4-8,16-17,19-23H2,1-3H3/t26-,27-,31+/m1/s1. The lowest BCUT2D eigenvalue weighted by Gasteiger charge is -2.30. The van der Waals surface area contributed by atoms with Crippen molar-refractivity contribution < 1.29 is 28.5 Å².